The van der Waals surface area contributed by atoms with Gasteiger partial charge in [-0.15, -0.1) is 0 Å². The molecule has 1 unspecified atom stereocenters. The van der Waals surface area contributed by atoms with E-state index in [0.717, 1.165) is 12.1 Å². The SMILES string of the molecule is NC(=O)C([C@H](Cc1cc(F)cc(F)c1)c1nc2[nH]ccc2cc1Br)n1nc(C(F)F)c2c1C(F)(F)[C@@H]1C[C@H]21. The van der Waals surface area contributed by atoms with Crippen molar-refractivity contribution < 1.29 is 31.1 Å². The molecule has 4 atom stereocenters. The molecule has 3 aromatic heterocycles. The molecule has 13 heteroatoms. The molecule has 3 N–H and O–H groups in total. The van der Waals surface area contributed by atoms with Crippen LogP contribution in [-0.4, -0.2) is 25.7 Å². The van der Waals surface area contributed by atoms with Crippen LogP contribution in [0.2, 0.25) is 0 Å². The number of H-pyrrole nitrogens is 1. The molecule has 0 radical (unpaired) electrons. The smallest absolute Gasteiger partial charge is 0.293 e. The first-order valence-corrected chi connectivity index (χ1v) is 12.4. The van der Waals surface area contributed by atoms with Crippen LogP contribution >= 0.6 is 15.9 Å². The minimum absolute atomic E-state index is 0.0369. The van der Waals surface area contributed by atoms with Crippen LogP contribution in [0.25, 0.3) is 11.0 Å². The number of carbonyl (C=O) groups is 1. The number of aromatic nitrogens is 4. The fourth-order valence-corrected chi connectivity index (χ4v) is 6.30. The first kappa shape index (κ1) is 25.0. The zero-order valence-corrected chi connectivity index (χ0v) is 20.8. The summed E-state index contributed by atoms with van der Waals surface area (Å²) < 4.78 is 87.8. The summed E-state index contributed by atoms with van der Waals surface area (Å²) >= 11 is 3.39. The Balaban J connectivity index is 1.58. The number of primary amides is 1. The van der Waals surface area contributed by atoms with Crippen LogP contribution in [0.15, 0.2) is 41.0 Å². The average molecular weight is 598 g/mol. The van der Waals surface area contributed by atoms with Crippen LogP contribution in [0.5, 0.6) is 0 Å². The second-order valence-corrected chi connectivity index (χ2v) is 10.5. The Hall–Kier alpha value is -3.35. The number of halogens is 7. The number of nitrogens with one attached hydrogen (secondary N) is 1. The molecule has 2 aliphatic rings. The highest BCUT2D eigenvalue weighted by molar-refractivity contribution is 9.10. The highest BCUT2D eigenvalue weighted by Crippen LogP contribution is 2.68. The Morgan fingerprint density at radius 3 is 2.55 bits per heavy atom. The average Bonchev–Trinajstić information content (AvgIpc) is 3.22. The maximum absolute atomic E-state index is 15.4. The van der Waals surface area contributed by atoms with Crippen molar-refractivity contribution in [2.75, 3.05) is 0 Å². The lowest BCUT2D eigenvalue weighted by Gasteiger charge is -2.28. The number of nitrogens with two attached hydrogens (primary N) is 1. The Morgan fingerprint density at radius 2 is 1.89 bits per heavy atom. The Labute approximate surface area is 219 Å². The third kappa shape index (κ3) is 3.81. The number of hydrogen-bond acceptors (Lipinski definition) is 3. The molecular formula is C25H18BrF6N5O. The first-order chi connectivity index (χ1) is 18.0. The van der Waals surface area contributed by atoms with E-state index in [0.29, 0.717) is 26.3 Å². The third-order valence-electron chi connectivity index (χ3n) is 7.31. The van der Waals surface area contributed by atoms with Crippen molar-refractivity contribution in [1.82, 2.24) is 19.7 Å². The van der Waals surface area contributed by atoms with Crippen molar-refractivity contribution in [2.45, 2.75) is 43.1 Å². The van der Waals surface area contributed by atoms with Gasteiger partial charge in [0.1, 0.15) is 34.7 Å². The molecule has 1 fully saturated rings. The molecule has 1 saturated carbocycles. The second-order valence-electron chi connectivity index (χ2n) is 9.67. The zero-order chi connectivity index (χ0) is 27.1. The number of amides is 1. The van der Waals surface area contributed by atoms with Gasteiger partial charge in [0.2, 0.25) is 5.91 Å². The van der Waals surface area contributed by atoms with Gasteiger partial charge in [0.05, 0.1) is 5.69 Å². The third-order valence-corrected chi connectivity index (χ3v) is 7.94. The molecule has 0 saturated heterocycles. The molecule has 0 bridgehead atoms. The van der Waals surface area contributed by atoms with Crippen LogP contribution in [-0.2, 0) is 17.1 Å². The maximum atomic E-state index is 15.4. The van der Waals surface area contributed by atoms with Crippen LogP contribution in [0.1, 0.15) is 58.9 Å². The van der Waals surface area contributed by atoms with Crippen molar-refractivity contribution in [3.8, 4) is 0 Å². The van der Waals surface area contributed by atoms with Crippen molar-refractivity contribution in [2.24, 2.45) is 11.7 Å². The summed E-state index contributed by atoms with van der Waals surface area (Å²) in [5.41, 5.74) is 4.49. The van der Waals surface area contributed by atoms with Crippen molar-refractivity contribution in [3.05, 3.63) is 80.8 Å². The molecule has 198 valence electrons. The topological polar surface area (TPSA) is 89.6 Å². The summed E-state index contributed by atoms with van der Waals surface area (Å²) in [6.45, 7) is 0. The van der Waals surface area contributed by atoms with Crippen molar-refractivity contribution in [3.63, 3.8) is 0 Å². The fraction of sp³-hybridized carbons (Fsp3) is 0.320. The number of aromatic amines is 1. The predicted molar refractivity (Wildman–Crippen MR) is 127 cm³/mol. The summed E-state index contributed by atoms with van der Waals surface area (Å²) in [5, 5.41) is 4.50. The summed E-state index contributed by atoms with van der Waals surface area (Å²) in [7, 11) is 0. The molecule has 4 aromatic rings. The van der Waals surface area contributed by atoms with Crippen molar-refractivity contribution >= 4 is 32.9 Å². The van der Waals surface area contributed by atoms with Gasteiger partial charge < -0.3 is 10.7 Å². The molecule has 6 rings (SSSR count). The van der Waals surface area contributed by atoms with Gasteiger partial charge in [-0.2, -0.15) is 13.9 Å². The standard InChI is InChI=1S/C25H18BrF6N5O/c26-16-6-10-1-2-34-24(10)35-18(16)14(5-9-3-11(27)7-12(28)4-9)20(23(33)38)37-21-17(19(36-37)22(29)30)13-8-15(13)25(21,31)32/h1-4,6-7,13-15,20,22H,5,8H2,(H2,33,38)(H,34,35)/t13-,14+,15+,20?/m0/s1. The van der Waals surface area contributed by atoms with Gasteiger partial charge >= 0.3 is 0 Å². The number of benzene rings is 1. The van der Waals surface area contributed by atoms with Gasteiger partial charge in [0, 0.05) is 39.5 Å². The van der Waals surface area contributed by atoms with Crippen LogP contribution in [0.3, 0.4) is 0 Å². The van der Waals surface area contributed by atoms with Gasteiger partial charge in [-0.05, 0) is 64.5 Å². The molecule has 1 aromatic carbocycles. The van der Waals surface area contributed by atoms with Crippen LogP contribution < -0.4 is 5.73 Å². The Bertz CT molecular complexity index is 1580. The van der Waals surface area contributed by atoms with E-state index >= 15 is 8.78 Å². The van der Waals surface area contributed by atoms with Gasteiger partial charge in [0.15, 0.2) is 0 Å². The lowest BCUT2D eigenvalue weighted by molar-refractivity contribution is -0.122. The summed E-state index contributed by atoms with van der Waals surface area (Å²) in [6.07, 6.45) is -1.81. The molecule has 1 amide bonds. The highest BCUT2D eigenvalue weighted by atomic mass is 79.9. The second kappa shape index (κ2) is 8.58. The van der Waals surface area contributed by atoms with E-state index in [4.69, 9.17) is 5.73 Å². The molecule has 3 heterocycles. The number of alkyl halides is 4. The highest BCUT2D eigenvalue weighted by Gasteiger charge is 2.67. The van der Waals surface area contributed by atoms with E-state index in [2.05, 4.69) is 31.0 Å². The summed E-state index contributed by atoms with van der Waals surface area (Å²) in [5.74, 6) is -9.63. The predicted octanol–water partition coefficient (Wildman–Crippen LogP) is 6.00. The van der Waals surface area contributed by atoms with Gasteiger partial charge in [-0.3, -0.25) is 4.79 Å². The quantitative estimate of drug-likeness (QED) is 0.256. The monoisotopic (exact) mass is 597 g/mol. The lowest BCUT2D eigenvalue weighted by Crippen LogP contribution is -2.36. The molecule has 2 aliphatic carbocycles. The minimum Gasteiger partial charge on any atom is -0.368 e. The fourth-order valence-electron chi connectivity index (χ4n) is 5.68. The number of fused-ring (bicyclic) bond motifs is 4. The van der Waals surface area contributed by atoms with Gasteiger partial charge in [-0.1, -0.05) is 0 Å². The number of rotatable bonds is 7. The normalized spacial score (nSPS) is 20.9. The maximum Gasteiger partial charge on any atom is 0.293 e. The summed E-state index contributed by atoms with van der Waals surface area (Å²) in [4.78, 5) is 20.4. The Kier molecular flexibility index (Phi) is 5.64. The number of pyridine rings is 1. The minimum atomic E-state index is -3.52. The number of nitrogens with zero attached hydrogens (tertiary/aromatic N) is 3. The number of carbonyl (C=O) groups excluding carboxylic acids is 1. The number of hydrogen-bond donors (Lipinski definition) is 2. The van der Waals surface area contributed by atoms with Crippen LogP contribution in [0.4, 0.5) is 26.3 Å². The molecular weight excluding hydrogens is 580 g/mol. The van der Waals surface area contributed by atoms with Gasteiger partial charge in [0.25, 0.3) is 12.3 Å². The zero-order valence-electron chi connectivity index (χ0n) is 19.2. The molecule has 0 aliphatic heterocycles. The van der Waals surface area contributed by atoms with Gasteiger partial charge in [-0.25, -0.2) is 27.2 Å². The molecule has 6 nitrogen and oxygen atoms in total. The van der Waals surface area contributed by atoms with E-state index in [9.17, 15) is 22.4 Å². The summed E-state index contributed by atoms with van der Waals surface area (Å²) in [6, 6.07) is 4.36. The van der Waals surface area contributed by atoms with Crippen LogP contribution in [0, 0.1) is 17.6 Å². The van der Waals surface area contributed by atoms with E-state index in [-0.39, 0.29) is 29.7 Å². The molecule has 0 spiro atoms. The molecule has 38 heavy (non-hydrogen) atoms. The van der Waals surface area contributed by atoms with E-state index in [1.54, 1.807) is 18.3 Å². The first-order valence-electron chi connectivity index (χ1n) is 11.6. The Morgan fingerprint density at radius 1 is 1.18 bits per heavy atom. The lowest BCUT2D eigenvalue weighted by atomic mass is 9.87. The van der Waals surface area contributed by atoms with E-state index in [1.807, 2.05) is 0 Å². The van der Waals surface area contributed by atoms with E-state index < -0.39 is 65.1 Å². The van der Waals surface area contributed by atoms with Crippen molar-refractivity contribution in [1.29, 1.82) is 0 Å². The van der Waals surface area contributed by atoms with E-state index in [1.165, 1.54) is 0 Å². The largest absolute Gasteiger partial charge is 0.368 e.